The molecule has 2 aromatic carbocycles. The molecule has 0 aliphatic carbocycles. The number of carbonyl (C=O) groups excluding carboxylic acids is 2. The topological polar surface area (TPSA) is 75.7 Å². The summed E-state index contributed by atoms with van der Waals surface area (Å²) in [6, 6.07) is 13.6. The maximum absolute atomic E-state index is 12.1. The number of methoxy groups -OCH3 is 1. The number of ketones is 1. The van der Waals surface area contributed by atoms with Crippen molar-refractivity contribution >= 4 is 17.8 Å². The molecule has 0 heterocycles. The zero-order valence-corrected chi connectivity index (χ0v) is 12.5. The van der Waals surface area contributed by atoms with E-state index in [0.29, 0.717) is 17.1 Å². The van der Waals surface area contributed by atoms with Gasteiger partial charge in [-0.25, -0.2) is 0 Å². The lowest BCUT2D eigenvalue weighted by Gasteiger charge is -2.06. The highest BCUT2D eigenvalue weighted by Gasteiger charge is 2.02. The third kappa shape index (κ3) is 5.00. The van der Waals surface area contributed by atoms with Crippen molar-refractivity contribution in [2.45, 2.75) is 0 Å². The Morgan fingerprint density at radius 1 is 1.09 bits per heavy atom. The summed E-state index contributed by atoms with van der Waals surface area (Å²) >= 11 is 0. The summed E-state index contributed by atoms with van der Waals surface area (Å²) in [6.45, 7) is -0.525. The Bertz CT molecular complexity index is 716. The van der Waals surface area contributed by atoms with Crippen LogP contribution in [0.25, 0.3) is 6.08 Å². The highest BCUT2D eigenvalue weighted by atomic mass is 16.5. The highest BCUT2D eigenvalue weighted by Crippen LogP contribution is 2.15. The molecule has 0 bridgehead atoms. The number of benzene rings is 2. The predicted octanol–water partition coefficient (Wildman–Crippen LogP) is 1.72. The van der Waals surface area contributed by atoms with E-state index >= 15 is 0 Å². The van der Waals surface area contributed by atoms with Crippen molar-refractivity contribution in [2.75, 3.05) is 13.7 Å². The molecular formula is C18H15O5-. The number of rotatable bonds is 7. The van der Waals surface area contributed by atoms with Crippen LogP contribution in [-0.4, -0.2) is 25.5 Å². The van der Waals surface area contributed by atoms with Gasteiger partial charge in [-0.05, 0) is 48.0 Å². The molecule has 118 valence electrons. The number of ether oxygens (including phenoxy) is 2. The van der Waals surface area contributed by atoms with Gasteiger partial charge in [-0.15, -0.1) is 0 Å². The summed E-state index contributed by atoms with van der Waals surface area (Å²) in [5, 5.41) is 10.3. The van der Waals surface area contributed by atoms with Crippen LogP contribution < -0.4 is 14.6 Å². The third-order valence-corrected chi connectivity index (χ3v) is 3.02. The zero-order chi connectivity index (χ0) is 16.7. The lowest BCUT2D eigenvalue weighted by atomic mass is 10.1. The van der Waals surface area contributed by atoms with Crippen LogP contribution in [0.5, 0.6) is 11.5 Å². The molecule has 2 aromatic rings. The molecule has 23 heavy (non-hydrogen) atoms. The average molecular weight is 311 g/mol. The fraction of sp³-hybridized carbons (Fsp3) is 0.111. The molecule has 0 N–H and O–H groups in total. The molecule has 0 radical (unpaired) electrons. The first-order valence-corrected chi connectivity index (χ1v) is 6.87. The van der Waals surface area contributed by atoms with Crippen molar-refractivity contribution in [2.24, 2.45) is 0 Å². The molecule has 0 aliphatic heterocycles. The van der Waals surface area contributed by atoms with Crippen molar-refractivity contribution in [1.82, 2.24) is 0 Å². The van der Waals surface area contributed by atoms with Crippen LogP contribution in [0.15, 0.2) is 54.6 Å². The van der Waals surface area contributed by atoms with E-state index < -0.39 is 12.6 Å². The van der Waals surface area contributed by atoms with E-state index in [1.54, 1.807) is 25.3 Å². The second kappa shape index (κ2) is 7.79. The van der Waals surface area contributed by atoms with Gasteiger partial charge in [-0.2, -0.15) is 0 Å². The molecule has 0 atom stereocenters. The van der Waals surface area contributed by atoms with E-state index in [1.807, 2.05) is 24.3 Å². The molecule has 5 nitrogen and oxygen atoms in total. The van der Waals surface area contributed by atoms with Gasteiger partial charge in [0, 0.05) is 5.56 Å². The van der Waals surface area contributed by atoms with Crippen molar-refractivity contribution < 1.29 is 24.2 Å². The summed E-state index contributed by atoms with van der Waals surface area (Å²) < 4.78 is 10.1. The Balaban J connectivity index is 2.02. The minimum Gasteiger partial charge on any atom is -0.546 e. The smallest absolute Gasteiger partial charge is 0.185 e. The molecule has 0 fully saturated rings. The first kappa shape index (κ1) is 16.3. The Labute approximate surface area is 133 Å². The van der Waals surface area contributed by atoms with Gasteiger partial charge < -0.3 is 19.4 Å². The number of allylic oxidation sites excluding steroid dienone is 1. The molecular weight excluding hydrogens is 296 g/mol. The first-order valence-electron chi connectivity index (χ1n) is 6.87. The summed E-state index contributed by atoms with van der Waals surface area (Å²) in [7, 11) is 1.58. The van der Waals surface area contributed by atoms with Gasteiger partial charge in [0.15, 0.2) is 5.78 Å². The largest absolute Gasteiger partial charge is 0.546 e. The summed E-state index contributed by atoms with van der Waals surface area (Å²) in [4.78, 5) is 22.4. The van der Waals surface area contributed by atoms with Gasteiger partial charge in [0.2, 0.25) is 0 Å². The third-order valence-electron chi connectivity index (χ3n) is 3.02. The summed E-state index contributed by atoms with van der Waals surface area (Å²) in [6.07, 6.45) is 3.16. The molecule has 0 unspecified atom stereocenters. The Hall–Kier alpha value is -3.08. The number of carboxylic acid groups (broad SMARTS) is 1. The molecule has 0 amide bonds. The molecule has 0 aromatic heterocycles. The minimum atomic E-state index is -1.30. The summed E-state index contributed by atoms with van der Waals surface area (Å²) in [5.74, 6) is -0.387. The van der Waals surface area contributed by atoms with Crippen molar-refractivity contribution in [3.8, 4) is 11.5 Å². The number of hydrogen-bond acceptors (Lipinski definition) is 5. The SMILES string of the molecule is COc1cccc(/C=C/C(=O)c2ccc(OCC(=O)[O-])cc2)c1. The predicted molar refractivity (Wildman–Crippen MR) is 83.3 cm³/mol. The van der Waals surface area contributed by atoms with Crippen LogP contribution in [0, 0.1) is 0 Å². The standard InChI is InChI=1S/C18H16O5/c1-22-16-4-2-3-13(11-16)5-10-17(19)14-6-8-15(9-7-14)23-12-18(20)21/h2-11H,12H2,1H3,(H,20,21)/p-1/b10-5+. The molecule has 0 spiro atoms. The minimum absolute atomic E-state index is 0.167. The number of carboxylic acids is 1. The van der Waals surface area contributed by atoms with Gasteiger partial charge >= 0.3 is 0 Å². The van der Waals surface area contributed by atoms with Crippen molar-refractivity contribution in [3.05, 3.63) is 65.7 Å². The molecule has 5 heteroatoms. The van der Waals surface area contributed by atoms with Crippen molar-refractivity contribution in [3.63, 3.8) is 0 Å². The highest BCUT2D eigenvalue weighted by molar-refractivity contribution is 6.06. The van der Waals surface area contributed by atoms with Crippen molar-refractivity contribution in [1.29, 1.82) is 0 Å². The maximum Gasteiger partial charge on any atom is 0.185 e. The Kier molecular flexibility index (Phi) is 5.52. The molecule has 0 saturated carbocycles. The Morgan fingerprint density at radius 3 is 2.48 bits per heavy atom. The first-order chi connectivity index (χ1) is 11.1. The quantitative estimate of drug-likeness (QED) is 0.575. The fourth-order valence-corrected chi connectivity index (χ4v) is 1.87. The normalized spacial score (nSPS) is 10.5. The number of carbonyl (C=O) groups is 2. The summed E-state index contributed by atoms with van der Waals surface area (Å²) in [5.41, 5.74) is 1.33. The average Bonchev–Trinajstić information content (AvgIpc) is 2.58. The van der Waals surface area contributed by atoms with Crippen LogP contribution in [0.3, 0.4) is 0 Å². The van der Waals surface area contributed by atoms with E-state index in [-0.39, 0.29) is 5.78 Å². The van der Waals surface area contributed by atoms with E-state index in [9.17, 15) is 14.7 Å². The molecule has 0 aliphatic rings. The molecule has 0 saturated heterocycles. The van der Waals surface area contributed by atoms with Crippen LogP contribution in [-0.2, 0) is 4.79 Å². The fourth-order valence-electron chi connectivity index (χ4n) is 1.87. The number of aliphatic carboxylic acids is 1. The zero-order valence-electron chi connectivity index (χ0n) is 12.5. The van der Waals surface area contributed by atoms with Gasteiger partial charge in [-0.1, -0.05) is 18.2 Å². The lowest BCUT2D eigenvalue weighted by molar-refractivity contribution is -0.307. The van der Waals surface area contributed by atoms with E-state index in [0.717, 1.165) is 5.56 Å². The van der Waals surface area contributed by atoms with Crippen LogP contribution in [0.2, 0.25) is 0 Å². The molecule has 2 rings (SSSR count). The monoisotopic (exact) mass is 311 g/mol. The number of hydrogen-bond donors (Lipinski definition) is 0. The second-order valence-corrected chi connectivity index (χ2v) is 4.66. The lowest BCUT2D eigenvalue weighted by Crippen LogP contribution is -2.28. The van der Waals surface area contributed by atoms with Crippen LogP contribution in [0.1, 0.15) is 15.9 Å². The van der Waals surface area contributed by atoms with Gasteiger partial charge in [0.05, 0.1) is 13.1 Å². The van der Waals surface area contributed by atoms with Gasteiger partial charge in [-0.3, -0.25) is 4.79 Å². The van der Waals surface area contributed by atoms with Crippen LogP contribution >= 0.6 is 0 Å². The van der Waals surface area contributed by atoms with Crippen LogP contribution in [0.4, 0.5) is 0 Å². The van der Waals surface area contributed by atoms with E-state index in [4.69, 9.17) is 9.47 Å². The van der Waals surface area contributed by atoms with Gasteiger partial charge in [0.25, 0.3) is 0 Å². The van der Waals surface area contributed by atoms with E-state index in [2.05, 4.69) is 0 Å². The second-order valence-electron chi connectivity index (χ2n) is 4.66. The van der Waals surface area contributed by atoms with Gasteiger partial charge in [0.1, 0.15) is 18.1 Å². The Morgan fingerprint density at radius 2 is 1.83 bits per heavy atom. The van der Waals surface area contributed by atoms with E-state index in [1.165, 1.54) is 18.2 Å². The maximum atomic E-state index is 12.1.